The molecule has 1 aliphatic rings. The number of nitrogens with one attached hydrogen (secondary N) is 1. The molecule has 2 N–H and O–H groups in total. The van der Waals surface area contributed by atoms with Crippen LogP contribution in [0.3, 0.4) is 0 Å². The monoisotopic (exact) mass is 329 g/mol. The van der Waals surface area contributed by atoms with Crippen LogP contribution in [0, 0.1) is 12.8 Å². The molecule has 0 aliphatic heterocycles. The van der Waals surface area contributed by atoms with Gasteiger partial charge in [0.1, 0.15) is 0 Å². The number of aryl methyl sites for hydroxylation is 2. The Morgan fingerprint density at radius 3 is 2.84 bits per heavy atom. The highest BCUT2D eigenvalue weighted by Crippen LogP contribution is 2.32. The summed E-state index contributed by atoms with van der Waals surface area (Å²) in [7, 11) is 1.96. The predicted octanol–water partition coefficient (Wildman–Crippen LogP) is 2.52. The van der Waals surface area contributed by atoms with Gasteiger partial charge in [-0.1, -0.05) is 19.8 Å². The molecule has 2 unspecified atom stereocenters. The molecule has 0 spiro atoms. The number of halogens is 1. The van der Waals surface area contributed by atoms with Gasteiger partial charge in [-0.15, -0.1) is 0 Å². The first-order chi connectivity index (χ1) is 8.97. The van der Waals surface area contributed by atoms with E-state index < -0.39 is 0 Å². The minimum atomic E-state index is -0.116. The van der Waals surface area contributed by atoms with Crippen molar-refractivity contribution in [1.82, 2.24) is 15.1 Å². The molecule has 108 valence electrons. The quantitative estimate of drug-likeness (QED) is 0.892. The lowest BCUT2D eigenvalue weighted by Gasteiger charge is -2.39. The van der Waals surface area contributed by atoms with Gasteiger partial charge in [0.25, 0.3) is 0 Å². The average molecular weight is 330 g/mol. The minimum absolute atomic E-state index is 0.116. The topological polar surface area (TPSA) is 50.1 Å². The molecule has 5 heteroatoms. The smallest absolute Gasteiger partial charge is 0.0739 e. The van der Waals surface area contributed by atoms with Crippen molar-refractivity contribution >= 4 is 15.9 Å². The molecule has 0 radical (unpaired) electrons. The van der Waals surface area contributed by atoms with Gasteiger partial charge in [0.15, 0.2) is 0 Å². The zero-order valence-corrected chi connectivity index (χ0v) is 13.6. The Morgan fingerprint density at radius 2 is 2.32 bits per heavy atom. The third kappa shape index (κ3) is 3.20. The van der Waals surface area contributed by atoms with Gasteiger partial charge in [0.2, 0.25) is 0 Å². The molecule has 0 amide bonds. The van der Waals surface area contributed by atoms with Gasteiger partial charge in [-0.2, -0.15) is 5.10 Å². The molecule has 1 aliphatic carbocycles. The fourth-order valence-corrected chi connectivity index (χ4v) is 3.64. The van der Waals surface area contributed by atoms with Crippen LogP contribution >= 0.6 is 15.9 Å². The lowest BCUT2D eigenvalue weighted by molar-refractivity contribution is 0.0975. The molecular weight excluding hydrogens is 306 g/mol. The highest BCUT2D eigenvalue weighted by molar-refractivity contribution is 9.10. The second-order valence-electron chi connectivity index (χ2n) is 5.96. The molecule has 1 fully saturated rings. The van der Waals surface area contributed by atoms with Crippen molar-refractivity contribution in [3.05, 3.63) is 15.9 Å². The fraction of sp³-hybridized carbons (Fsp3) is 0.786. The van der Waals surface area contributed by atoms with E-state index in [4.69, 9.17) is 0 Å². The Balaban J connectivity index is 2.07. The highest BCUT2D eigenvalue weighted by Gasteiger charge is 2.34. The van der Waals surface area contributed by atoms with Gasteiger partial charge >= 0.3 is 0 Å². The van der Waals surface area contributed by atoms with Crippen LogP contribution in [-0.4, -0.2) is 27.0 Å². The summed E-state index contributed by atoms with van der Waals surface area (Å²) < 4.78 is 2.98. The predicted molar refractivity (Wildman–Crippen MR) is 79.9 cm³/mol. The summed E-state index contributed by atoms with van der Waals surface area (Å²) in [6.07, 6.45) is 4.58. The van der Waals surface area contributed by atoms with Crippen molar-refractivity contribution in [2.24, 2.45) is 13.0 Å². The standard InChI is InChI=1S/C14H24BrN3O/c1-10-5-4-6-14(7-10,9-19)16-8-12-13(15)11(2)17-18(12)3/h10,16,19H,4-9H2,1-3H3. The number of aliphatic hydroxyl groups excluding tert-OH is 1. The van der Waals surface area contributed by atoms with Gasteiger partial charge in [-0.3, -0.25) is 4.68 Å². The van der Waals surface area contributed by atoms with Crippen molar-refractivity contribution in [2.75, 3.05) is 6.61 Å². The molecule has 0 aromatic carbocycles. The fourth-order valence-electron chi connectivity index (χ4n) is 3.16. The summed E-state index contributed by atoms with van der Waals surface area (Å²) in [5, 5.41) is 17.8. The van der Waals surface area contributed by atoms with Crippen LogP contribution in [-0.2, 0) is 13.6 Å². The molecule has 2 atom stereocenters. The normalized spacial score (nSPS) is 27.7. The second-order valence-corrected chi connectivity index (χ2v) is 6.76. The van der Waals surface area contributed by atoms with Gasteiger partial charge in [-0.25, -0.2) is 0 Å². The van der Waals surface area contributed by atoms with Crippen molar-refractivity contribution in [1.29, 1.82) is 0 Å². The van der Waals surface area contributed by atoms with Crippen LogP contribution in [0.1, 0.15) is 44.0 Å². The Labute approximate surface area is 123 Å². The Morgan fingerprint density at radius 1 is 1.58 bits per heavy atom. The molecule has 1 heterocycles. The Hall–Kier alpha value is -0.390. The maximum Gasteiger partial charge on any atom is 0.0739 e. The van der Waals surface area contributed by atoms with Gasteiger partial charge in [0.05, 0.1) is 22.5 Å². The number of aromatic nitrogens is 2. The van der Waals surface area contributed by atoms with Crippen LogP contribution in [0.15, 0.2) is 4.47 Å². The van der Waals surface area contributed by atoms with Crippen LogP contribution in [0.25, 0.3) is 0 Å². The van der Waals surface area contributed by atoms with Crippen LogP contribution in [0.2, 0.25) is 0 Å². The maximum atomic E-state index is 9.78. The number of nitrogens with zero attached hydrogens (tertiary/aromatic N) is 2. The lowest BCUT2D eigenvalue weighted by Crippen LogP contribution is -2.51. The van der Waals surface area contributed by atoms with Gasteiger partial charge in [-0.05, 0) is 41.6 Å². The molecule has 0 bridgehead atoms. The van der Waals surface area contributed by atoms with Crippen LogP contribution in [0.4, 0.5) is 0 Å². The number of aliphatic hydroxyl groups is 1. The molecule has 2 rings (SSSR count). The summed E-state index contributed by atoms with van der Waals surface area (Å²) in [6, 6.07) is 0. The molecule has 1 saturated carbocycles. The maximum absolute atomic E-state index is 9.78. The molecule has 1 aromatic heterocycles. The Bertz CT molecular complexity index is 446. The lowest BCUT2D eigenvalue weighted by atomic mass is 9.77. The molecular formula is C14H24BrN3O. The van der Waals surface area contributed by atoms with E-state index in [9.17, 15) is 5.11 Å². The van der Waals surface area contributed by atoms with E-state index in [1.165, 1.54) is 12.8 Å². The van der Waals surface area contributed by atoms with E-state index in [1.54, 1.807) is 0 Å². The summed E-state index contributed by atoms with van der Waals surface area (Å²) in [6.45, 7) is 5.23. The Kier molecular flexibility index (Phi) is 4.69. The summed E-state index contributed by atoms with van der Waals surface area (Å²) in [4.78, 5) is 0. The zero-order valence-electron chi connectivity index (χ0n) is 12.0. The van der Waals surface area contributed by atoms with E-state index in [0.29, 0.717) is 5.92 Å². The summed E-state index contributed by atoms with van der Waals surface area (Å²) >= 11 is 3.59. The second kappa shape index (κ2) is 5.94. The minimum Gasteiger partial charge on any atom is -0.394 e. The van der Waals surface area contributed by atoms with E-state index in [1.807, 2.05) is 18.7 Å². The van der Waals surface area contributed by atoms with Crippen molar-refractivity contribution < 1.29 is 5.11 Å². The molecule has 19 heavy (non-hydrogen) atoms. The first kappa shape index (κ1) is 15.0. The summed E-state index contributed by atoms with van der Waals surface area (Å²) in [5.74, 6) is 0.685. The van der Waals surface area contributed by atoms with Crippen molar-refractivity contribution in [2.45, 2.75) is 51.6 Å². The molecule has 0 saturated heterocycles. The van der Waals surface area contributed by atoms with E-state index >= 15 is 0 Å². The third-order valence-electron chi connectivity index (χ3n) is 4.29. The number of hydrogen-bond donors (Lipinski definition) is 2. The first-order valence-electron chi connectivity index (χ1n) is 7.01. The van der Waals surface area contributed by atoms with Crippen molar-refractivity contribution in [3.8, 4) is 0 Å². The molecule has 1 aromatic rings. The van der Waals surface area contributed by atoms with Crippen LogP contribution in [0.5, 0.6) is 0 Å². The van der Waals surface area contributed by atoms with Gasteiger partial charge in [0, 0.05) is 19.1 Å². The van der Waals surface area contributed by atoms with E-state index in [-0.39, 0.29) is 12.1 Å². The largest absolute Gasteiger partial charge is 0.394 e. The molecule has 4 nitrogen and oxygen atoms in total. The SMILES string of the molecule is Cc1nn(C)c(CNC2(CO)CCCC(C)C2)c1Br. The number of rotatable bonds is 4. The van der Waals surface area contributed by atoms with E-state index in [2.05, 4.69) is 33.3 Å². The summed E-state index contributed by atoms with van der Waals surface area (Å²) in [5.41, 5.74) is 2.04. The highest BCUT2D eigenvalue weighted by atomic mass is 79.9. The first-order valence-corrected chi connectivity index (χ1v) is 7.80. The van der Waals surface area contributed by atoms with Crippen LogP contribution < -0.4 is 5.32 Å². The third-order valence-corrected chi connectivity index (χ3v) is 5.32. The zero-order chi connectivity index (χ0) is 14.0. The number of hydrogen-bond acceptors (Lipinski definition) is 3. The van der Waals surface area contributed by atoms with E-state index in [0.717, 1.165) is 35.2 Å². The van der Waals surface area contributed by atoms with Crippen molar-refractivity contribution in [3.63, 3.8) is 0 Å². The van der Waals surface area contributed by atoms with Gasteiger partial charge < -0.3 is 10.4 Å². The average Bonchev–Trinajstić information content (AvgIpc) is 2.61.